The van der Waals surface area contributed by atoms with Crippen molar-refractivity contribution in [3.05, 3.63) is 71.1 Å². The van der Waals surface area contributed by atoms with E-state index in [2.05, 4.69) is 20.9 Å². The number of urea groups is 1. The van der Waals surface area contributed by atoms with Gasteiger partial charge >= 0.3 is 6.03 Å². The molecule has 1 aliphatic carbocycles. The van der Waals surface area contributed by atoms with Gasteiger partial charge in [-0.25, -0.2) is 9.78 Å². The van der Waals surface area contributed by atoms with Crippen molar-refractivity contribution in [2.45, 2.75) is 37.4 Å². The van der Waals surface area contributed by atoms with E-state index in [1.807, 2.05) is 23.6 Å². The predicted molar refractivity (Wildman–Crippen MR) is 148 cm³/mol. The second kappa shape index (κ2) is 11.2. The summed E-state index contributed by atoms with van der Waals surface area (Å²) in [6.07, 6.45) is 2.58. The maximum atomic E-state index is 13.4. The molecule has 0 bridgehead atoms. The van der Waals surface area contributed by atoms with Gasteiger partial charge in [-0.15, -0.1) is 11.3 Å². The van der Waals surface area contributed by atoms with Crippen molar-refractivity contribution in [1.29, 1.82) is 0 Å². The minimum absolute atomic E-state index is 0.0781. The number of anilines is 1. The molecule has 5 rings (SSSR count). The highest BCUT2D eigenvalue weighted by Crippen LogP contribution is 2.29. The largest absolute Gasteiger partial charge is 0.349 e. The van der Waals surface area contributed by atoms with Crippen LogP contribution < -0.4 is 16.0 Å². The van der Waals surface area contributed by atoms with E-state index in [0.717, 1.165) is 18.4 Å². The minimum atomic E-state index is -0.905. The van der Waals surface area contributed by atoms with Gasteiger partial charge in [-0.05, 0) is 37.0 Å². The molecule has 1 saturated carbocycles. The minimum Gasteiger partial charge on any atom is -0.349 e. The standard InChI is InChI=1S/C28H30N6O4S/c1-33(2)28(38)31-23(18-6-4-3-5-7-18)26(37)34-15-14-22(34)25(36)32-27-30-21(16-39-27)17-8-10-19(11-9-17)24(35)29-20-12-13-20/h3-11,16,20,22-23H,12-15H2,1-2H3,(H,29,35)(H,31,38)(H,30,32,36)/t22?,23-/m1/s1. The number of hydrogen-bond acceptors (Lipinski definition) is 6. The van der Waals surface area contributed by atoms with E-state index in [1.54, 1.807) is 50.5 Å². The lowest BCUT2D eigenvalue weighted by atomic mass is 9.98. The number of carbonyl (C=O) groups excluding carboxylic acids is 4. The third-order valence-corrected chi connectivity index (χ3v) is 7.51. The number of benzene rings is 2. The lowest BCUT2D eigenvalue weighted by Crippen LogP contribution is -2.59. The van der Waals surface area contributed by atoms with E-state index in [1.165, 1.54) is 21.1 Å². The Bertz CT molecular complexity index is 1370. The van der Waals surface area contributed by atoms with Crippen LogP contribution in [0.2, 0.25) is 0 Å². The number of nitrogens with one attached hydrogen (secondary N) is 3. The van der Waals surface area contributed by atoms with Gasteiger partial charge in [0.1, 0.15) is 12.1 Å². The van der Waals surface area contributed by atoms with Crippen LogP contribution in [-0.2, 0) is 9.59 Å². The quantitative estimate of drug-likeness (QED) is 0.400. The fourth-order valence-electron chi connectivity index (χ4n) is 4.22. The summed E-state index contributed by atoms with van der Waals surface area (Å²) in [4.78, 5) is 58.5. The Labute approximate surface area is 230 Å². The molecule has 1 unspecified atom stereocenters. The molecule has 2 heterocycles. The van der Waals surface area contributed by atoms with Crippen molar-refractivity contribution in [1.82, 2.24) is 25.4 Å². The average molecular weight is 547 g/mol. The third kappa shape index (κ3) is 6.09. The first kappa shape index (κ1) is 26.4. The summed E-state index contributed by atoms with van der Waals surface area (Å²) in [6.45, 7) is 0.419. The first-order valence-corrected chi connectivity index (χ1v) is 13.7. The topological polar surface area (TPSA) is 124 Å². The van der Waals surface area contributed by atoms with Gasteiger partial charge in [-0.1, -0.05) is 42.5 Å². The molecular weight excluding hydrogens is 516 g/mol. The van der Waals surface area contributed by atoms with Gasteiger partial charge in [0.2, 0.25) is 5.91 Å². The van der Waals surface area contributed by atoms with Crippen LogP contribution in [0.1, 0.15) is 41.2 Å². The van der Waals surface area contributed by atoms with Crippen LogP contribution in [0.3, 0.4) is 0 Å². The van der Waals surface area contributed by atoms with Crippen LogP contribution in [0.4, 0.5) is 9.93 Å². The van der Waals surface area contributed by atoms with Crippen molar-refractivity contribution in [2.75, 3.05) is 26.0 Å². The molecule has 39 heavy (non-hydrogen) atoms. The maximum Gasteiger partial charge on any atom is 0.317 e. The highest BCUT2D eigenvalue weighted by Gasteiger charge is 2.41. The summed E-state index contributed by atoms with van der Waals surface area (Å²) < 4.78 is 0. The Morgan fingerprint density at radius 2 is 1.72 bits per heavy atom. The normalized spacial score (nSPS) is 17.0. The number of aromatic nitrogens is 1. The third-order valence-electron chi connectivity index (χ3n) is 6.75. The molecule has 1 aromatic heterocycles. The maximum absolute atomic E-state index is 13.4. The SMILES string of the molecule is CN(C)C(=O)N[C@@H](C(=O)N1CCC1C(=O)Nc1nc(-c2ccc(C(=O)NC3CC3)cc2)cs1)c1ccccc1. The summed E-state index contributed by atoms with van der Waals surface area (Å²) >= 11 is 1.29. The molecule has 202 valence electrons. The molecule has 10 nitrogen and oxygen atoms in total. The molecule has 1 aliphatic heterocycles. The molecule has 11 heteroatoms. The van der Waals surface area contributed by atoms with Gasteiger partial charge < -0.3 is 25.8 Å². The molecule has 3 aromatic rings. The van der Waals surface area contributed by atoms with E-state index in [4.69, 9.17) is 0 Å². The first-order valence-electron chi connectivity index (χ1n) is 12.8. The number of nitrogens with zero attached hydrogens (tertiary/aromatic N) is 3. The molecule has 0 spiro atoms. The zero-order chi connectivity index (χ0) is 27.5. The van der Waals surface area contributed by atoms with Crippen LogP contribution in [0.5, 0.6) is 0 Å². The van der Waals surface area contributed by atoms with Crippen molar-refractivity contribution in [2.24, 2.45) is 0 Å². The van der Waals surface area contributed by atoms with Crippen LogP contribution in [0, 0.1) is 0 Å². The number of rotatable bonds is 8. The van der Waals surface area contributed by atoms with Gasteiger partial charge in [0.15, 0.2) is 5.13 Å². The molecule has 2 fully saturated rings. The van der Waals surface area contributed by atoms with Gasteiger partial charge in [-0.2, -0.15) is 0 Å². The fourth-order valence-corrected chi connectivity index (χ4v) is 4.94. The van der Waals surface area contributed by atoms with E-state index >= 15 is 0 Å². The van der Waals surface area contributed by atoms with Crippen LogP contribution in [0.15, 0.2) is 60.0 Å². The summed E-state index contributed by atoms with van der Waals surface area (Å²) in [6, 6.07) is 14.5. The van der Waals surface area contributed by atoms with Crippen LogP contribution in [-0.4, -0.2) is 71.3 Å². The van der Waals surface area contributed by atoms with E-state index in [-0.39, 0.29) is 17.7 Å². The smallest absolute Gasteiger partial charge is 0.317 e. The predicted octanol–water partition coefficient (Wildman–Crippen LogP) is 3.25. The Morgan fingerprint density at radius 1 is 1.00 bits per heavy atom. The molecule has 1 saturated heterocycles. The lowest BCUT2D eigenvalue weighted by Gasteiger charge is -2.41. The summed E-state index contributed by atoms with van der Waals surface area (Å²) in [5.41, 5.74) is 2.75. The second-order valence-corrected chi connectivity index (χ2v) is 10.7. The number of hydrogen-bond donors (Lipinski definition) is 3. The Balaban J connectivity index is 1.22. The van der Waals surface area contributed by atoms with Crippen LogP contribution >= 0.6 is 11.3 Å². The average Bonchev–Trinajstić information content (AvgIpc) is 3.61. The molecule has 2 aliphatic rings. The molecular formula is C28H30N6O4S. The number of amides is 5. The molecule has 2 atom stereocenters. The van der Waals surface area contributed by atoms with Gasteiger partial charge in [0.05, 0.1) is 5.69 Å². The number of thiazole rings is 1. The first-order chi connectivity index (χ1) is 18.8. The second-order valence-electron chi connectivity index (χ2n) is 9.88. The highest BCUT2D eigenvalue weighted by atomic mass is 32.1. The lowest BCUT2D eigenvalue weighted by molar-refractivity contribution is -0.147. The van der Waals surface area contributed by atoms with E-state index in [9.17, 15) is 19.2 Å². The molecule has 2 aromatic carbocycles. The number of likely N-dealkylation sites (tertiary alicyclic amines) is 1. The van der Waals surface area contributed by atoms with Crippen LogP contribution in [0.25, 0.3) is 11.3 Å². The number of carbonyl (C=O) groups is 4. The van der Waals surface area contributed by atoms with Gasteiger partial charge in [-0.3, -0.25) is 14.4 Å². The van der Waals surface area contributed by atoms with Crippen molar-refractivity contribution >= 4 is 40.2 Å². The van der Waals surface area contributed by atoms with Crippen molar-refractivity contribution in [3.63, 3.8) is 0 Å². The highest BCUT2D eigenvalue weighted by molar-refractivity contribution is 7.14. The summed E-state index contributed by atoms with van der Waals surface area (Å²) in [5, 5.41) is 10.8. The zero-order valence-electron chi connectivity index (χ0n) is 21.7. The monoisotopic (exact) mass is 546 g/mol. The Morgan fingerprint density at radius 3 is 2.33 bits per heavy atom. The fraction of sp³-hybridized carbons (Fsp3) is 0.321. The Kier molecular flexibility index (Phi) is 7.60. The van der Waals surface area contributed by atoms with E-state index in [0.29, 0.717) is 41.0 Å². The van der Waals surface area contributed by atoms with Gasteiger partial charge in [0.25, 0.3) is 11.8 Å². The zero-order valence-corrected chi connectivity index (χ0v) is 22.5. The molecule has 5 amide bonds. The Hall–Kier alpha value is -4.25. The van der Waals surface area contributed by atoms with Crippen molar-refractivity contribution < 1.29 is 19.2 Å². The van der Waals surface area contributed by atoms with E-state index < -0.39 is 18.1 Å². The summed E-state index contributed by atoms with van der Waals surface area (Å²) in [5.74, 6) is -0.743. The molecule has 0 radical (unpaired) electrons. The summed E-state index contributed by atoms with van der Waals surface area (Å²) in [7, 11) is 3.20. The van der Waals surface area contributed by atoms with Gasteiger partial charge in [0, 0.05) is 43.2 Å². The molecule has 3 N–H and O–H groups in total. The van der Waals surface area contributed by atoms with Crippen molar-refractivity contribution in [3.8, 4) is 11.3 Å².